The SMILES string of the molecule is CS(=O)(=O)N1CCC(Cc2ccc(C(=O)NCC3CCCO3)cc2)CC1. The lowest BCUT2D eigenvalue weighted by Crippen LogP contribution is -2.38. The highest BCUT2D eigenvalue weighted by Crippen LogP contribution is 2.23. The van der Waals surface area contributed by atoms with Gasteiger partial charge in [-0.25, -0.2) is 12.7 Å². The number of hydrogen-bond acceptors (Lipinski definition) is 4. The quantitative estimate of drug-likeness (QED) is 0.817. The van der Waals surface area contributed by atoms with Crippen molar-refractivity contribution < 1.29 is 17.9 Å². The van der Waals surface area contributed by atoms with E-state index in [1.165, 1.54) is 11.8 Å². The Balaban J connectivity index is 1.46. The van der Waals surface area contributed by atoms with Crippen molar-refractivity contribution in [1.82, 2.24) is 9.62 Å². The van der Waals surface area contributed by atoms with Crippen LogP contribution in [0.1, 0.15) is 41.6 Å². The number of nitrogens with zero attached hydrogens (tertiary/aromatic N) is 1. The van der Waals surface area contributed by atoms with E-state index in [2.05, 4.69) is 5.32 Å². The first-order valence-electron chi connectivity index (χ1n) is 9.35. The zero-order valence-corrected chi connectivity index (χ0v) is 16.1. The molecule has 0 aromatic heterocycles. The maximum Gasteiger partial charge on any atom is 0.251 e. The number of sulfonamides is 1. The van der Waals surface area contributed by atoms with Crippen molar-refractivity contribution in [3.05, 3.63) is 35.4 Å². The number of benzene rings is 1. The number of carbonyl (C=O) groups is 1. The van der Waals surface area contributed by atoms with E-state index < -0.39 is 10.0 Å². The number of hydrogen-bond donors (Lipinski definition) is 1. The van der Waals surface area contributed by atoms with Gasteiger partial charge in [-0.15, -0.1) is 0 Å². The second-order valence-electron chi connectivity index (χ2n) is 7.35. The summed E-state index contributed by atoms with van der Waals surface area (Å²) in [5.41, 5.74) is 1.86. The first kappa shape index (κ1) is 19.3. The Hall–Kier alpha value is -1.44. The fourth-order valence-corrected chi connectivity index (χ4v) is 4.56. The van der Waals surface area contributed by atoms with E-state index in [9.17, 15) is 13.2 Å². The van der Waals surface area contributed by atoms with Crippen LogP contribution < -0.4 is 5.32 Å². The van der Waals surface area contributed by atoms with E-state index in [4.69, 9.17) is 4.74 Å². The van der Waals surface area contributed by atoms with Gasteiger partial charge in [-0.05, 0) is 55.7 Å². The van der Waals surface area contributed by atoms with E-state index in [1.807, 2.05) is 24.3 Å². The molecule has 2 fully saturated rings. The summed E-state index contributed by atoms with van der Waals surface area (Å²) in [4.78, 5) is 12.2. The first-order chi connectivity index (χ1) is 12.4. The summed E-state index contributed by atoms with van der Waals surface area (Å²) in [6.45, 7) is 2.57. The van der Waals surface area contributed by atoms with Crippen molar-refractivity contribution in [2.45, 2.75) is 38.2 Å². The summed E-state index contributed by atoms with van der Waals surface area (Å²) < 4.78 is 30.2. The van der Waals surface area contributed by atoms with E-state index in [0.29, 0.717) is 31.1 Å². The zero-order valence-electron chi connectivity index (χ0n) is 15.3. The third-order valence-electron chi connectivity index (χ3n) is 5.30. The molecule has 26 heavy (non-hydrogen) atoms. The number of piperidine rings is 1. The van der Waals surface area contributed by atoms with Gasteiger partial charge in [0.15, 0.2) is 0 Å². The molecule has 2 saturated heterocycles. The van der Waals surface area contributed by atoms with Crippen LogP contribution in [0.15, 0.2) is 24.3 Å². The molecule has 0 aliphatic carbocycles. The largest absolute Gasteiger partial charge is 0.376 e. The molecule has 0 bridgehead atoms. The molecule has 2 heterocycles. The van der Waals surface area contributed by atoms with E-state index >= 15 is 0 Å². The highest BCUT2D eigenvalue weighted by molar-refractivity contribution is 7.88. The number of amides is 1. The Morgan fingerprint density at radius 1 is 1.19 bits per heavy atom. The van der Waals surface area contributed by atoms with Gasteiger partial charge >= 0.3 is 0 Å². The minimum absolute atomic E-state index is 0.0616. The number of ether oxygens (including phenoxy) is 1. The summed E-state index contributed by atoms with van der Waals surface area (Å²) in [7, 11) is -3.07. The van der Waals surface area contributed by atoms with Crippen LogP contribution in [0.25, 0.3) is 0 Å². The van der Waals surface area contributed by atoms with Crippen molar-refractivity contribution in [3.63, 3.8) is 0 Å². The highest BCUT2D eigenvalue weighted by atomic mass is 32.2. The molecule has 1 N–H and O–H groups in total. The van der Waals surface area contributed by atoms with E-state index in [-0.39, 0.29) is 12.0 Å². The minimum atomic E-state index is -3.07. The smallest absolute Gasteiger partial charge is 0.251 e. The van der Waals surface area contributed by atoms with Crippen LogP contribution in [0.3, 0.4) is 0 Å². The number of nitrogens with one attached hydrogen (secondary N) is 1. The first-order valence-corrected chi connectivity index (χ1v) is 11.2. The van der Waals surface area contributed by atoms with Crippen LogP contribution in [0.5, 0.6) is 0 Å². The molecule has 144 valence electrons. The molecule has 0 spiro atoms. The Kier molecular flexibility index (Phi) is 6.32. The van der Waals surface area contributed by atoms with Gasteiger partial charge in [-0.3, -0.25) is 4.79 Å². The monoisotopic (exact) mass is 380 g/mol. The topological polar surface area (TPSA) is 75.7 Å². The summed E-state index contributed by atoms with van der Waals surface area (Å²) >= 11 is 0. The van der Waals surface area contributed by atoms with Gasteiger partial charge in [0.05, 0.1) is 12.4 Å². The minimum Gasteiger partial charge on any atom is -0.376 e. The van der Waals surface area contributed by atoms with Crippen molar-refractivity contribution in [2.24, 2.45) is 5.92 Å². The van der Waals surface area contributed by atoms with Gasteiger partial charge in [0.2, 0.25) is 10.0 Å². The van der Waals surface area contributed by atoms with Crippen LogP contribution >= 0.6 is 0 Å². The molecule has 6 nitrogen and oxygen atoms in total. The number of carbonyl (C=O) groups excluding carboxylic acids is 1. The normalized spacial score (nSPS) is 22.4. The summed E-state index contributed by atoms with van der Waals surface area (Å²) in [5, 5.41) is 2.93. The van der Waals surface area contributed by atoms with Crippen LogP contribution in [-0.2, 0) is 21.2 Å². The fraction of sp³-hybridized carbons (Fsp3) is 0.632. The Bertz CT molecular complexity index is 704. The lowest BCUT2D eigenvalue weighted by molar-refractivity contribution is 0.0858. The maximum absolute atomic E-state index is 12.2. The molecule has 1 unspecified atom stereocenters. The van der Waals surface area contributed by atoms with Gasteiger partial charge < -0.3 is 10.1 Å². The molecule has 1 aromatic rings. The second kappa shape index (κ2) is 8.50. The molecule has 1 atom stereocenters. The second-order valence-corrected chi connectivity index (χ2v) is 9.33. The fourth-order valence-electron chi connectivity index (χ4n) is 3.68. The molecular weight excluding hydrogens is 352 g/mol. The van der Waals surface area contributed by atoms with Gasteiger partial charge in [-0.1, -0.05) is 12.1 Å². The lowest BCUT2D eigenvalue weighted by Gasteiger charge is -2.30. The zero-order chi connectivity index (χ0) is 18.6. The van der Waals surface area contributed by atoms with E-state index in [0.717, 1.165) is 38.7 Å². The van der Waals surface area contributed by atoms with Crippen molar-refractivity contribution >= 4 is 15.9 Å². The van der Waals surface area contributed by atoms with Gasteiger partial charge in [0.1, 0.15) is 0 Å². The molecule has 2 aliphatic rings. The molecule has 3 rings (SSSR count). The Morgan fingerprint density at radius 2 is 1.88 bits per heavy atom. The van der Waals surface area contributed by atoms with Gasteiger partial charge in [-0.2, -0.15) is 0 Å². The Labute approximate surface area is 156 Å². The summed E-state index contributed by atoms with van der Waals surface area (Å²) in [6.07, 6.45) is 6.20. The van der Waals surface area contributed by atoms with Crippen LogP contribution in [0.2, 0.25) is 0 Å². The Morgan fingerprint density at radius 3 is 2.46 bits per heavy atom. The molecule has 0 radical (unpaired) electrons. The van der Waals surface area contributed by atoms with Crippen LogP contribution in [-0.4, -0.2) is 57.2 Å². The summed E-state index contributed by atoms with van der Waals surface area (Å²) in [5.74, 6) is 0.431. The van der Waals surface area contributed by atoms with E-state index in [1.54, 1.807) is 4.31 Å². The molecule has 1 aromatic carbocycles. The van der Waals surface area contributed by atoms with Gasteiger partial charge in [0.25, 0.3) is 5.91 Å². The van der Waals surface area contributed by atoms with Crippen molar-refractivity contribution in [1.29, 1.82) is 0 Å². The third-order valence-corrected chi connectivity index (χ3v) is 6.60. The maximum atomic E-state index is 12.2. The summed E-state index contributed by atoms with van der Waals surface area (Å²) in [6, 6.07) is 7.74. The predicted molar refractivity (Wildman–Crippen MR) is 101 cm³/mol. The average Bonchev–Trinajstić information content (AvgIpc) is 3.13. The van der Waals surface area contributed by atoms with Gasteiger partial charge in [0, 0.05) is 31.8 Å². The van der Waals surface area contributed by atoms with Crippen molar-refractivity contribution in [3.8, 4) is 0 Å². The lowest BCUT2D eigenvalue weighted by atomic mass is 9.91. The van der Waals surface area contributed by atoms with Crippen molar-refractivity contribution in [2.75, 3.05) is 32.5 Å². The third kappa shape index (κ3) is 5.28. The molecule has 1 amide bonds. The van der Waals surface area contributed by atoms with Crippen LogP contribution in [0.4, 0.5) is 0 Å². The standard InChI is InChI=1S/C19H28N2O4S/c1-26(23,24)21-10-8-16(9-11-21)13-15-4-6-17(7-5-15)19(22)20-14-18-3-2-12-25-18/h4-7,16,18H,2-3,8-14H2,1H3,(H,20,22). The predicted octanol–water partition coefficient (Wildman–Crippen LogP) is 1.81. The number of rotatable bonds is 6. The molecule has 7 heteroatoms. The highest BCUT2D eigenvalue weighted by Gasteiger charge is 2.25. The molecule has 0 saturated carbocycles. The average molecular weight is 381 g/mol. The molecular formula is C19H28N2O4S. The molecule has 2 aliphatic heterocycles. The van der Waals surface area contributed by atoms with Crippen LogP contribution in [0, 0.1) is 5.92 Å².